The number of carbonyl (C=O) groups is 2. The maximum absolute atomic E-state index is 13.1. The van der Waals surface area contributed by atoms with E-state index in [1.807, 2.05) is 0 Å². The molecule has 0 aliphatic carbocycles. The van der Waals surface area contributed by atoms with Gasteiger partial charge in [0.25, 0.3) is 0 Å². The van der Waals surface area contributed by atoms with Gasteiger partial charge in [0.05, 0.1) is 18.6 Å². The van der Waals surface area contributed by atoms with Crippen molar-refractivity contribution in [3.63, 3.8) is 0 Å². The minimum absolute atomic E-state index is 0.154. The van der Waals surface area contributed by atoms with Crippen LogP contribution in [0.1, 0.15) is 24.5 Å². The molecule has 2 aromatic rings. The minimum atomic E-state index is -0.873. The average Bonchev–Trinajstić information content (AvgIpc) is 3.15. The third-order valence-corrected chi connectivity index (χ3v) is 4.82. The van der Waals surface area contributed by atoms with Gasteiger partial charge in [0.15, 0.2) is 0 Å². The van der Waals surface area contributed by atoms with Gasteiger partial charge in [-0.2, -0.15) is 0 Å². The van der Waals surface area contributed by atoms with Crippen LogP contribution < -0.4 is 5.32 Å². The summed E-state index contributed by atoms with van der Waals surface area (Å²) in [4.78, 5) is 25.6. The summed E-state index contributed by atoms with van der Waals surface area (Å²) in [5.74, 6) is -1.77. The average molecular weight is 404 g/mol. The van der Waals surface area contributed by atoms with Crippen molar-refractivity contribution < 1.29 is 28.2 Å². The van der Waals surface area contributed by atoms with Crippen LogP contribution in [0.15, 0.2) is 48.5 Å². The number of cyclic esters (lactones) is 1. The van der Waals surface area contributed by atoms with Gasteiger partial charge in [-0.15, -0.1) is 0 Å². The molecule has 1 aliphatic rings. The van der Waals surface area contributed by atoms with Gasteiger partial charge in [0, 0.05) is 12.2 Å². The van der Waals surface area contributed by atoms with E-state index in [-0.39, 0.29) is 38.4 Å². The van der Waals surface area contributed by atoms with E-state index in [1.165, 1.54) is 36.4 Å². The first kappa shape index (κ1) is 20.7. The number of nitrogens with zero attached hydrogens (tertiary/aromatic N) is 1. The van der Waals surface area contributed by atoms with Crippen molar-refractivity contribution >= 4 is 17.7 Å². The second-order valence-corrected chi connectivity index (χ2v) is 6.83. The second-order valence-electron chi connectivity index (χ2n) is 6.83. The zero-order valence-electron chi connectivity index (χ0n) is 15.7. The van der Waals surface area contributed by atoms with Gasteiger partial charge in [-0.3, -0.25) is 4.79 Å². The molecule has 2 amide bonds. The summed E-state index contributed by atoms with van der Waals surface area (Å²) >= 11 is 0. The molecule has 1 saturated heterocycles. The van der Waals surface area contributed by atoms with Crippen molar-refractivity contribution in [1.82, 2.24) is 4.90 Å². The second kappa shape index (κ2) is 9.47. The summed E-state index contributed by atoms with van der Waals surface area (Å²) in [6.45, 7) is 0.538. The fourth-order valence-corrected chi connectivity index (χ4v) is 3.15. The Bertz CT molecular complexity index is 843. The van der Waals surface area contributed by atoms with Crippen LogP contribution in [-0.4, -0.2) is 41.7 Å². The van der Waals surface area contributed by atoms with Gasteiger partial charge in [-0.05, 0) is 54.8 Å². The number of anilines is 1. The van der Waals surface area contributed by atoms with E-state index in [9.17, 15) is 23.5 Å². The summed E-state index contributed by atoms with van der Waals surface area (Å²) in [6, 6.07) is 11.2. The lowest BCUT2D eigenvalue weighted by Gasteiger charge is -2.22. The van der Waals surface area contributed by atoms with Crippen LogP contribution in [0.25, 0.3) is 0 Å². The first-order valence-electron chi connectivity index (χ1n) is 9.35. The predicted octanol–water partition coefficient (Wildman–Crippen LogP) is 3.49. The Morgan fingerprint density at radius 2 is 1.69 bits per heavy atom. The smallest absolute Gasteiger partial charge is 0.416 e. The first-order valence-corrected chi connectivity index (χ1v) is 9.35. The fourth-order valence-electron chi connectivity index (χ4n) is 3.15. The molecule has 6 nitrogen and oxygen atoms in total. The lowest BCUT2D eigenvalue weighted by Crippen LogP contribution is -2.39. The van der Waals surface area contributed by atoms with Gasteiger partial charge in [0.1, 0.15) is 18.2 Å². The van der Waals surface area contributed by atoms with Gasteiger partial charge < -0.3 is 15.2 Å². The van der Waals surface area contributed by atoms with Crippen LogP contribution >= 0.6 is 0 Å². The van der Waals surface area contributed by atoms with E-state index in [4.69, 9.17) is 4.74 Å². The largest absolute Gasteiger partial charge is 0.447 e. The number of halogens is 2. The number of imide groups is 1. The molecule has 154 valence electrons. The Kier molecular flexibility index (Phi) is 6.77. The molecule has 0 spiro atoms. The number of nitrogens with one attached hydrogen (secondary N) is 1. The summed E-state index contributed by atoms with van der Waals surface area (Å²) in [5.41, 5.74) is 1.18. The van der Waals surface area contributed by atoms with E-state index in [1.54, 1.807) is 12.1 Å². The van der Waals surface area contributed by atoms with Gasteiger partial charge in [0.2, 0.25) is 5.91 Å². The van der Waals surface area contributed by atoms with Crippen LogP contribution in [0.2, 0.25) is 0 Å². The summed E-state index contributed by atoms with van der Waals surface area (Å²) in [6.07, 6.45) is -1.02. The molecule has 8 heteroatoms. The minimum Gasteiger partial charge on any atom is -0.447 e. The molecular formula is C21H22F2N2O4. The molecule has 2 atom stereocenters. The van der Waals surface area contributed by atoms with Crippen molar-refractivity contribution in [3.05, 3.63) is 65.7 Å². The Labute approximate surface area is 167 Å². The highest BCUT2D eigenvalue weighted by Gasteiger charge is 2.33. The summed E-state index contributed by atoms with van der Waals surface area (Å²) < 4.78 is 31.0. The Morgan fingerprint density at radius 1 is 1.07 bits per heavy atom. The van der Waals surface area contributed by atoms with E-state index < -0.39 is 29.8 Å². The number of aliphatic hydroxyl groups is 1. The molecule has 2 aromatic carbocycles. The summed E-state index contributed by atoms with van der Waals surface area (Å²) in [7, 11) is 0. The first-order chi connectivity index (χ1) is 13.9. The third-order valence-electron chi connectivity index (χ3n) is 4.82. The van der Waals surface area contributed by atoms with E-state index in [0.717, 1.165) is 4.90 Å². The number of amides is 2. The maximum Gasteiger partial charge on any atom is 0.416 e. The monoisotopic (exact) mass is 404 g/mol. The molecule has 0 bridgehead atoms. The zero-order chi connectivity index (χ0) is 20.8. The molecule has 3 rings (SSSR count). The Balaban J connectivity index is 1.65. The molecule has 1 aliphatic heterocycles. The van der Waals surface area contributed by atoms with Crippen molar-refractivity contribution in [2.45, 2.75) is 18.9 Å². The van der Waals surface area contributed by atoms with E-state index in [0.29, 0.717) is 11.3 Å². The lowest BCUT2D eigenvalue weighted by atomic mass is 9.96. The molecule has 0 aromatic heterocycles. The standard InChI is InChI=1S/C21H22F2N2O4/c22-16-4-1-14(2-5-16)19(26)10-3-15(20(27)25-11-12-29-21(25)28)13-24-18-8-6-17(23)7-9-18/h1-2,4-9,15,19,24,26H,3,10-13H2/t15-,19+/m1/s1. The molecule has 0 saturated carbocycles. The van der Waals surface area contributed by atoms with Crippen LogP contribution in [0.4, 0.5) is 19.3 Å². The van der Waals surface area contributed by atoms with Gasteiger partial charge in [-0.25, -0.2) is 18.5 Å². The van der Waals surface area contributed by atoms with Crippen molar-refractivity contribution in [1.29, 1.82) is 0 Å². The number of ether oxygens (including phenoxy) is 1. The molecule has 0 unspecified atom stereocenters. The highest BCUT2D eigenvalue weighted by atomic mass is 19.1. The SMILES string of the molecule is O=C1OCCN1C(=O)[C@H](CC[C@H](O)c1ccc(F)cc1)CNc1ccc(F)cc1. The Morgan fingerprint density at radius 3 is 2.28 bits per heavy atom. The van der Waals surface area contributed by atoms with Crippen LogP contribution in [-0.2, 0) is 9.53 Å². The van der Waals surface area contributed by atoms with Gasteiger partial charge in [-0.1, -0.05) is 12.1 Å². The zero-order valence-corrected chi connectivity index (χ0v) is 15.7. The van der Waals surface area contributed by atoms with Crippen molar-refractivity contribution in [3.8, 4) is 0 Å². The highest BCUT2D eigenvalue weighted by molar-refractivity contribution is 5.94. The molecule has 2 N–H and O–H groups in total. The molecule has 1 heterocycles. The van der Waals surface area contributed by atoms with Crippen LogP contribution in [0, 0.1) is 17.6 Å². The third kappa shape index (κ3) is 5.51. The molecule has 1 fully saturated rings. The molecular weight excluding hydrogens is 382 g/mol. The highest BCUT2D eigenvalue weighted by Crippen LogP contribution is 2.24. The van der Waals surface area contributed by atoms with Crippen molar-refractivity contribution in [2.75, 3.05) is 25.0 Å². The molecule has 29 heavy (non-hydrogen) atoms. The van der Waals surface area contributed by atoms with E-state index >= 15 is 0 Å². The fraction of sp³-hybridized carbons (Fsp3) is 0.333. The number of rotatable bonds is 8. The van der Waals surface area contributed by atoms with Crippen molar-refractivity contribution in [2.24, 2.45) is 5.92 Å². The lowest BCUT2D eigenvalue weighted by molar-refractivity contribution is -0.131. The number of aliphatic hydroxyl groups excluding tert-OH is 1. The normalized spacial score (nSPS) is 15.7. The summed E-state index contributed by atoms with van der Waals surface area (Å²) in [5, 5.41) is 13.4. The van der Waals surface area contributed by atoms with Crippen LogP contribution in [0.3, 0.4) is 0 Å². The van der Waals surface area contributed by atoms with Crippen LogP contribution in [0.5, 0.6) is 0 Å². The predicted molar refractivity (Wildman–Crippen MR) is 102 cm³/mol. The quantitative estimate of drug-likeness (QED) is 0.704. The Hall–Kier alpha value is -3.00. The molecule has 0 radical (unpaired) electrons. The number of carbonyl (C=O) groups excluding carboxylic acids is 2. The number of hydrogen-bond acceptors (Lipinski definition) is 5. The maximum atomic E-state index is 13.1. The van der Waals surface area contributed by atoms with E-state index in [2.05, 4.69) is 5.32 Å². The topological polar surface area (TPSA) is 78.9 Å². The number of benzene rings is 2. The number of hydrogen-bond donors (Lipinski definition) is 2. The van der Waals surface area contributed by atoms with Gasteiger partial charge >= 0.3 is 6.09 Å².